The molecule has 0 radical (unpaired) electrons. The lowest BCUT2D eigenvalue weighted by Gasteiger charge is -2.11. The summed E-state index contributed by atoms with van der Waals surface area (Å²) in [6.45, 7) is 4.75. The molecule has 1 aromatic rings. The van der Waals surface area contributed by atoms with Crippen molar-refractivity contribution in [2.24, 2.45) is 0 Å². The second-order valence-electron chi connectivity index (χ2n) is 3.24. The zero-order valence-corrected chi connectivity index (χ0v) is 10.0. The lowest BCUT2D eigenvalue weighted by atomic mass is 10.0. The van der Waals surface area contributed by atoms with Gasteiger partial charge in [-0.05, 0) is 30.7 Å². The van der Waals surface area contributed by atoms with Crippen molar-refractivity contribution >= 4 is 15.9 Å². The Kier molecular flexibility index (Phi) is 4.42. The van der Waals surface area contributed by atoms with Crippen LogP contribution in [0.3, 0.4) is 0 Å². The maximum atomic E-state index is 9.04. The number of aliphatic hydroxyl groups is 1. The highest BCUT2D eigenvalue weighted by molar-refractivity contribution is 9.10. The number of aliphatic hydroxyl groups excluding tert-OH is 1. The average molecular weight is 259 g/mol. The molecule has 0 heterocycles. The monoisotopic (exact) mass is 258 g/mol. The van der Waals surface area contributed by atoms with Crippen molar-refractivity contribution in [3.05, 3.63) is 28.2 Å². The Bertz CT molecular complexity index is 299. The van der Waals surface area contributed by atoms with E-state index in [2.05, 4.69) is 15.9 Å². The third kappa shape index (κ3) is 3.00. The molecule has 2 nitrogen and oxygen atoms in total. The fraction of sp³-hybridized carbons (Fsp3) is 0.455. The summed E-state index contributed by atoms with van der Waals surface area (Å²) in [4.78, 5) is 0. The molecule has 1 atom stereocenters. The van der Waals surface area contributed by atoms with Crippen LogP contribution in [0, 0.1) is 0 Å². The van der Waals surface area contributed by atoms with E-state index in [4.69, 9.17) is 9.84 Å². The highest BCUT2D eigenvalue weighted by atomic mass is 79.9. The molecule has 3 heteroatoms. The first kappa shape index (κ1) is 11.5. The van der Waals surface area contributed by atoms with E-state index in [0.29, 0.717) is 6.61 Å². The molecule has 0 aliphatic carbocycles. The van der Waals surface area contributed by atoms with Gasteiger partial charge in [0, 0.05) is 17.0 Å². The first-order valence-corrected chi connectivity index (χ1v) is 5.50. The Morgan fingerprint density at radius 3 is 2.71 bits per heavy atom. The number of ether oxygens (including phenoxy) is 1. The minimum Gasteiger partial charge on any atom is -0.494 e. The number of hydrogen-bond donors (Lipinski definition) is 1. The van der Waals surface area contributed by atoms with Gasteiger partial charge in [-0.15, -0.1) is 0 Å². The van der Waals surface area contributed by atoms with Crippen LogP contribution < -0.4 is 4.74 Å². The fourth-order valence-corrected chi connectivity index (χ4v) is 1.71. The summed E-state index contributed by atoms with van der Waals surface area (Å²) in [5.41, 5.74) is 1.09. The van der Waals surface area contributed by atoms with Gasteiger partial charge >= 0.3 is 0 Å². The van der Waals surface area contributed by atoms with E-state index in [9.17, 15) is 0 Å². The Labute approximate surface area is 93.0 Å². The second kappa shape index (κ2) is 5.37. The highest BCUT2D eigenvalue weighted by Gasteiger charge is 2.06. The summed E-state index contributed by atoms with van der Waals surface area (Å²) in [7, 11) is 0. The molecule has 0 fully saturated rings. The van der Waals surface area contributed by atoms with Gasteiger partial charge in [-0.25, -0.2) is 0 Å². The Morgan fingerprint density at radius 2 is 2.14 bits per heavy atom. The van der Waals surface area contributed by atoms with Gasteiger partial charge in [0.15, 0.2) is 0 Å². The number of benzene rings is 1. The normalized spacial score (nSPS) is 12.6. The van der Waals surface area contributed by atoms with Crippen LogP contribution in [0.15, 0.2) is 22.7 Å². The molecular weight excluding hydrogens is 244 g/mol. The van der Waals surface area contributed by atoms with Crippen molar-refractivity contribution in [3.63, 3.8) is 0 Å². The Hall–Kier alpha value is -0.540. The molecule has 78 valence electrons. The minimum absolute atomic E-state index is 0.145. The maximum Gasteiger partial charge on any atom is 0.120 e. The van der Waals surface area contributed by atoms with E-state index in [0.717, 1.165) is 15.8 Å². The summed E-state index contributed by atoms with van der Waals surface area (Å²) >= 11 is 3.42. The van der Waals surface area contributed by atoms with E-state index in [1.807, 2.05) is 32.0 Å². The largest absolute Gasteiger partial charge is 0.494 e. The molecule has 1 N–H and O–H groups in total. The SMILES string of the molecule is CCOc1cc(Br)cc(C(C)CO)c1. The van der Waals surface area contributed by atoms with Crippen LogP contribution in [0.4, 0.5) is 0 Å². The first-order chi connectivity index (χ1) is 6.67. The maximum absolute atomic E-state index is 9.04. The van der Waals surface area contributed by atoms with Gasteiger partial charge in [0.1, 0.15) is 5.75 Å². The van der Waals surface area contributed by atoms with Crippen LogP contribution in [-0.4, -0.2) is 18.3 Å². The van der Waals surface area contributed by atoms with Gasteiger partial charge in [0.05, 0.1) is 6.61 Å². The zero-order chi connectivity index (χ0) is 10.6. The first-order valence-electron chi connectivity index (χ1n) is 4.71. The van der Waals surface area contributed by atoms with E-state index in [1.54, 1.807) is 0 Å². The van der Waals surface area contributed by atoms with Crippen LogP contribution >= 0.6 is 15.9 Å². The van der Waals surface area contributed by atoms with Crippen molar-refractivity contribution in [1.82, 2.24) is 0 Å². The van der Waals surface area contributed by atoms with Crippen LogP contribution in [0.1, 0.15) is 25.3 Å². The minimum atomic E-state index is 0.145. The fourth-order valence-electron chi connectivity index (χ4n) is 1.22. The quantitative estimate of drug-likeness (QED) is 0.900. The standard InChI is InChI=1S/C11H15BrO2/c1-3-14-11-5-9(8(2)7-13)4-10(12)6-11/h4-6,8,13H,3,7H2,1-2H3. The third-order valence-corrected chi connectivity index (χ3v) is 2.51. The van der Waals surface area contributed by atoms with Gasteiger partial charge in [-0.3, -0.25) is 0 Å². The van der Waals surface area contributed by atoms with Gasteiger partial charge in [-0.2, -0.15) is 0 Å². The molecule has 0 amide bonds. The lowest BCUT2D eigenvalue weighted by molar-refractivity contribution is 0.272. The highest BCUT2D eigenvalue weighted by Crippen LogP contribution is 2.26. The van der Waals surface area contributed by atoms with Crippen molar-refractivity contribution < 1.29 is 9.84 Å². The molecule has 1 rings (SSSR count). The van der Waals surface area contributed by atoms with Gasteiger partial charge in [0.2, 0.25) is 0 Å². The topological polar surface area (TPSA) is 29.5 Å². The second-order valence-corrected chi connectivity index (χ2v) is 4.15. The third-order valence-electron chi connectivity index (χ3n) is 2.05. The van der Waals surface area contributed by atoms with Crippen molar-refractivity contribution in [2.45, 2.75) is 19.8 Å². The van der Waals surface area contributed by atoms with Crippen LogP contribution in [-0.2, 0) is 0 Å². The molecule has 0 aromatic heterocycles. The molecule has 0 aliphatic heterocycles. The summed E-state index contributed by atoms with van der Waals surface area (Å²) in [5.74, 6) is 0.990. The van der Waals surface area contributed by atoms with Crippen molar-refractivity contribution in [2.75, 3.05) is 13.2 Å². The van der Waals surface area contributed by atoms with E-state index >= 15 is 0 Å². The van der Waals surface area contributed by atoms with Crippen LogP contribution in [0.2, 0.25) is 0 Å². The van der Waals surface area contributed by atoms with Crippen molar-refractivity contribution in [1.29, 1.82) is 0 Å². The predicted octanol–water partition coefficient (Wildman–Crippen LogP) is 2.94. The van der Waals surface area contributed by atoms with E-state index < -0.39 is 0 Å². The van der Waals surface area contributed by atoms with Crippen molar-refractivity contribution in [3.8, 4) is 5.75 Å². The zero-order valence-electron chi connectivity index (χ0n) is 8.46. The summed E-state index contributed by atoms with van der Waals surface area (Å²) in [6, 6.07) is 5.90. The van der Waals surface area contributed by atoms with Gasteiger partial charge < -0.3 is 9.84 Å². The number of hydrogen-bond acceptors (Lipinski definition) is 2. The Balaban J connectivity index is 2.94. The summed E-state index contributed by atoms with van der Waals surface area (Å²) in [6.07, 6.45) is 0. The van der Waals surface area contributed by atoms with E-state index in [-0.39, 0.29) is 12.5 Å². The molecule has 0 bridgehead atoms. The molecule has 0 saturated carbocycles. The molecular formula is C11H15BrO2. The summed E-state index contributed by atoms with van der Waals surface area (Å²) < 4.78 is 6.40. The van der Waals surface area contributed by atoms with Crippen LogP contribution in [0.25, 0.3) is 0 Å². The molecule has 0 aliphatic rings. The average Bonchev–Trinajstić information content (AvgIpc) is 2.16. The predicted molar refractivity (Wildman–Crippen MR) is 60.8 cm³/mol. The van der Waals surface area contributed by atoms with E-state index in [1.165, 1.54) is 0 Å². The lowest BCUT2D eigenvalue weighted by Crippen LogP contribution is -2.00. The Morgan fingerprint density at radius 1 is 1.43 bits per heavy atom. The molecule has 1 unspecified atom stereocenters. The smallest absolute Gasteiger partial charge is 0.120 e. The molecule has 0 spiro atoms. The van der Waals surface area contributed by atoms with Crippen LogP contribution in [0.5, 0.6) is 5.75 Å². The van der Waals surface area contributed by atoms with Gasteiger partial charge in [0.25, 0.3) is 0 Å². The number of halogens is 1. The summed E-state index contributed by atoms with van der Waals surface area (Å²) in [5, 5.41) is 9.04. The number of rotatable bonds is 4. The van der Waals surface area contributed by atoms with Gasteiger partial charge in [-0.1, -0.05) is 22.9 Å². The molecule has 1 aromatic carbocycles. The molecule has 0 saturated heterocycles. The molecule has 14 heavy (non-hydrogen) atoms.